The monoisotopic (exact) mass is 498 g/mol. The number of aromatic nitrogens is 4. The van der Waals surface area contributed by atoms with Gasteiger partial charge in [0.25, 0.3) is 0 Å². The van der Waals surface area contributed by atoms with Crippen LogP contribution in [0.3, 0.4) is 0 Å². The van der Waals surface area contributed by atoms with Crippen LogP contribution >= 0.6 is 0 Å². The first-order chi connectivity index (χ1) is 17.0. The molecule has 2 amide bonds. The van der Waals surface area contributed by atoms with Gasteiger partial charge in [-0.05, 0) is 75.4 Å². The third-order valence-electron chi connectivity index (χ3n) is 4.71. The van der Waals surface area contributed by atoms with Crippen molar-refractivity contribution < 1.29 is 27.4 Å². The molecule has 0 atom stereocenters. The standard InChI is InChI=1S/C24H21F3N6O3/c1-14-12-15(2)33(32-14)21-13-22(29-16(3)28-21)35-19-8-4-17(5-9-19)30-23(34)31-18-6-10-20(11-7-18)36-24(25,26)27/h4-13H,1-3H3,(H2,30,31,34). The van der Waals surface area contributed by atoms with Gasteiger partial charge in [0.1, 0.15) is 17.3 Å². The minimum atomic E-state index is -4.78. The van der Waals surface area contributed by atoms with Crippen LogP contribution in [0, 0.1) is 20.8 Å². The quantitative estimate of drug-likeness (QED) is 0.342. The fraction of sp³-hybridized carbons (Fsp3) is 0.167. The van der Waals surface area contributed by atoms with E-state index in [1.165, 1.54) is 12.1 Å². The van der Waals surface area contributed by atoms with Crippen LogP contribution in [0.1, 0.15) is 17.2 Å². The molecule has 186 valence electrons. The van der Waals surface area contributed by atoms with Gasteiger partial charge in [-0.15, -0.1) is 13.2 Å². The molecule has 0 aliphatic rings. The van der Waals surface area contributed by atoms with E-state index < -0.39 is 12.4 Å². The number of rotatable bonds is 6. The molecular weight excluding hydrogens is 477 g/mol. The van der Waals surface area contributed by atoms with Crippen molar-refractivity contribution >= 4 is 17.4 Å². The zero-order valence-corrected chi connectivity index (χ0v) is 19.4. The molecule has 0 aliphatic carbocycles. The van der Waals surface area contributed by atoms with Crippen molar-refractivity contribution in [3.05, 3.63) is 77.9 Å². The molecule has 0 unspecified atom stereocenters. The lowest BCUT2D eigenvalue weighted by molar-refractivity contribution is -0.274. The van der Waals surface area contributed by atoms with Gasteiger partial charge in [0, 0.05) is 23.1 Å². The van der Waals surface area contributed by atoms with E-state index >= 15 is 0 Å². The van der Waals surface area contributed by atoms with E-state index in [9.17, 15) is 18.0 Å². The molecule has 2 N–H and O–H groups in total. The van der Waals surface area contributed by atoms with Crippen LogP contribution in [0.2, 0.25) is 0 Å². The Labute approximate surface area is 203 Å². The van der Waals surface area contributed by atoms with E-state index in [0.29, 0.717) is 34.6 Å². The second-order valence-corrected chi connectivity index (χ2v) is 7.73. The summed E-state index contributed by atoms with van der Waals surface area (Å²) in [6.07, 6.45) is -4.78. The van der Waals surface area contributed by atoms with E-state index in [1.807, 2.05) is 19.9 Å². The molecule has 2 heterocycles. The Morgan fingerprint density at radius 3 is 1.97 bits per heavy atom. The lowest BCUT2D eigenvalue weighted by Gasteiger charge is -2.11. The number of alkyl halides is 3. The van der Waals surface area contributed by atoms with E-state index in [-0.39, 0.29) is 5.75 Å². The van der Waals surface area contributed by atoms with Gasteiger partial charge in [0.15, 0.2) is 5.82 Å². The molecular formula is C24H21F3N6O3. The van der Waals surface area contributed by atoms with E-state index in [0.717, 1.165) is 23.5 Å². The summed E-state index contributed by atoms with van der Waals surface area (Å²) in [4.78, 5) is 20.9. The number of benzene rings is 2. The predicted octanol–water partition coefficient (Wildman–Crippen LogP) is 5.92. The molecule has 4 aromatic rings. The van der Waals surface area contributed by atoms with Crippen LogP contribution in [-0.4, -0.2) is 32.1 Å². The highest BCUT2D eigenvalue weighted by molar-refractivity contribution is 5.99. The molecule has 0 radical (unpaired) electrons. The maximum absolute atomic E-state index is 12.2. The van der Waals surface area contributed by atoms with Crippen molar-refractivity contribution in [3.8, 4) is 23.2 Å². The highest BCUT2D eigenvalue weighted by atomic mass is 19.4. The normalized spacial score (nSPS) is 11.2. The molecule has 2 aromatic heterocycles. The zero-order valence-electron chi connectivity index (χ0n) is 19.4. The van der Waals surface area contributed by atoms with Crippen molar-refractivity contribution in [2.24, 2.45) is 0 Å². The Balaban J connectivity index is 1.37. The van der Waals surface area contributed by atoms with Crippen LogP contribution < -0.4 is 20.1 Å². The summed E-state index contributed by atoms with van der Waals surface area (Å²) in [6, 6.07) is 14.4. The van der Waals surface area contributed by atoms with Crippen LogP contribution in [0.5, 0.6) is 17.4 Å². The minimum absolute atomic E-state index is 0.291. The summed E-state index contributed by atoms with van der Waals surface area (Å²) >= 11 is 0. The molecule has 12 heteroatoms. The molecule has 0 bridgehead atoms. The van der Waals surface area contributed by atoms with Gasteiger partial charge >= 0.3 is 12.4 Å². The molecule has 0 aliphatic heterocycles. The van der Waals surface area contributed by atoms with Gasteiger partial charge < -0.3 is 20.1 Å². The number of urea groups is 1. The van der Waals surface area contributed by atoms with E-state index in [2.05, 4.69) is 30.4 Å². The molecule has 9 nitrogen and oxygen atoms in total. The fourth-order valence-electron chi connectivity index (χ4n) is 3.31. The molecule has 0 fully saturated rings. The number of aryl methyl sites for hydroxylation is 3. The van der Waals surface area contributed by atoms with Crippen molar-refractivity contribution in [1.82, 2.24) is 19.7 Å². The highest BCUT2D eigenvalue weighted by Gasteiger charge is 2.31. The lowest BCUT2D eigenvalue weighted by Crippen LogP contribution is -2.19. The Kier molecular flexibility index (Phi) is 6.77. The fourth-order valence-corrected chi connectivity index (χ4v) is 3.31. The Morgan fingerprint density at radius 1 is 0.861 bits per heavy atom. The molecule has 2 aromatic carbocycles. The number of hydrogen-bond acceptors (Lipinski definition) is 6. The van der Waals surface area contributed by atoms with Gasteiger partial charge in [0.05, 0.1) is 5.69 Å². The maximum atomic E-state index is 12.2. The topological polar surface area (TPSA) is 103 Å². The smallest absolute Gasteiger partial charge is 0.439 e. The number of anilines is 2. The average molecular weight is 498 g/mol. The Bertz CT molecular complexity index is 1370. The van der Waals surface area contributed by atoms with E-state index in [1.54, 1.807) is 41.9 Å². The minimum Gasteiger partial charge on any atom is -0.439 e. The maximum Gasteiger partial charge on any atom is 0.573 e. The van der Waals surface area contributed by atoms with Gasteiger partial charge in [0.2, 0.25) is 5.88 Å². The van der Waals surface area contributed by atoms with Gasteiger partial charge in [-0.25, -0.2) is 14.5 Å². The second-order valence-electron chi connectivity index (χ2n) is 7.73. The number of halogens is 3. The number of nitrogens with zero attached hydrogens (tertiary/aromatic N) is 4. The number of nitrogens with one attached hydrogen (secondary N) is 2. The predicted molar refractivity (Wildman–Crippen MR) is 126 cm³/mol. The lowest BCUT2D eigenvalue weighted by atomic mass is 10.3. The first kappa shape index (κ1) is 24.5. The zero-order chi connectivity index (χ0) is 25.9. The molecule has 0 spiro atoms. The first-order valence-corrected chi connectivity index (χ1v) is 10.7. The molecule has 0 saturated carbocycles. The molecule has 4 rings (SSSR count). The number of carbonyl (C=O) groups excluding carboxylic acids is 1. The summed E-state index contributed by atoms with van der Waals surface area (Å²) < 4.78 is 48.1. The molecule has 36 heavy (non-hydrogen) atoms. The number of ether oxygens (including phenoxy) is 2. The number of amides is 2. The third-order valence-corrected chi connectivity index (χ3v) is 4.71. The van der Waals surface area contributed by atoms with Crippen LogP contribution in [0.15, 0.2) is 60.7 Å². The second kappa shape index (κ2) is 9.94. The van der Waals surface area contributed by atoms with Crippen molar-refractivity contribution in [2.45, 2.75) is 27.1 Å². The van der Waals surface area contributed by atoms with Gasteiger partial charge in [-0.3, -0.25) is 0 Å². The SMILES string of the molecule is Cc1cc(C)n(-c2cc(Oc3ccc(NC(=O)Nc4ccc(OC(F)(F)F)cc4)cc3)nc(C)n2)n1. The first-order valence-electron chi connectivity index (χ1n) is 10.7. The Hall–Kier alpha value is -4.61. The third kappa shape index (κ3) is 6.50. The number of carbonyl (C=O) groups is 1. The van der Waals surface area contributed by atoms with Gasteiger partial charge in [-0.2, -0.15) is 10.1 Å². The Morgan fingerprint density at radius 2 is 1.44 bits per heavy atom. The summed E-state index contributed by atoms with van der Waals surface area (Å²) in [6.45, 7) is 5.58. The largest absolute Gasteiger partial charge is 0.573 e. The molecule has 0 saturated heterocycles. The number of hydrogen-bond donors (Lipinski definition) is 2. The van der Waals surface area contributed by atoms with E-state index in [4.69, 9.17) is 4.74 Å². The summed E-state index contributed by atoms with van der Waals surface area (Å²) in [5.74, 6) is 1.53. The summed E-state index contributed by atoms with van der Waals surface area (Å²) in [5.41, 5.74) is 2.56. The summed E-state index contributed by atoms with van der Waals surface area (Å²) in [7, 11) is 0. The van der Waals surface area contributed by atoms with Crippen LogP contribution in [-0.2, 0) is 0 Å². The van der Waals surface area contributed by atoms with Crippen LogP contribution in [0.4, 0.5) is 29.3 Å². The average Bonchev–Trinajstić information content (AvgIpc) is 3.13. The van der Waals surface area contributed by atoms with Crippen molar-refractivity contribution in [1.29, 1.82) is 0 Å². The van der Waals surface area contributed by atoms with Gasteiger partial charge in [-0.1, -0.05) is 0 Å². The highest BCUT2D eigenvalue weighted by Crippen LogP contribution is 2.25. The van der Waals surface area contributed by atoms with Crippen LogP contribution in [0.25, 0.3) is 5.82 Å². The van der Waals surface area contributed by atoms with Crippen molar-refractivity contribution in [2.75, 3.05) is 10.6 Å². The summed E-state index contributed by atoms with van der Waals surface area (Å²) in [5, 5.41) is 9.58. The van der Waals surface area contributed by atoms with Crippen molar-refractivity contribution in [3.63, 3.8) is 0 Å².